The summed E-state index contributed by atoms with van der Waals surface area (Å²) >= 11 is 3.31. The molecule has 0 atom stereocenters. The molecule has 4 aromatic rings. The minimum absolute atomic E-state index is 0.0128. The van der Waals surface area contributed by atoms with Crippen molar-refractivity contribution in [3.8, 4) is 11.3 Å². The van der Waals surface area contributed by atoms with Gasteiger partial charge in [0.25, 0.3) is 5.91 Å². The molecule has 4 rings (SSSR count). The zero-order chi connectivity index (χ0) is 24.1. The van der Waals surface area contributed by atoms with Crippen molar-refractivity contribution in [2.24, 2.45) is 7.05 Å². The van der Waals surface area contributed by atoms with Crippen LogP contribution in [0.3, 0.4) is 0 Å². The van der Waals surface area contributed by atoms with Gasteiger partial charge in [0.2, 0.25) is 0 Å². The van der Waals surface area contributed by atoms with E-state index in [9.17, 15) is 18.0 Å². The van der Waals surface area contributed by atoms with Gasteiger partial charge in [0.1, 0.15) is 5.56 Å². The third kappa shape index (κ3) is 4.24. The minimum Gasteiger partial charge on any atom is -0.337 e. The number of fused-ring (bicyclic) bond motifs is 1. The Bertz CT molecular complexity index is 1360. The number of carbonyl (C=O) groups is 1. The Kier molecular flexibility index (Phi) is 5.77. The van der Waals surface area contributed by atoms with E-state index in [1.807, 2.05) is 20.9 Å². The van der Waals surface area contributed by atoms with Gasteiger partial charge >= 0.3 is 6.18 Å². The Labute approximate surface area is 196 Å². The van der Waals surface area contributed by atoms with Crippen LogP contribution < -0.4 is 0 Å². The lowest BCUT2D eigenvalue weighted by Gasteiger charge is -2.17. The van der Waals surface area contributed by atoms with E-state index in [4.69, 9.17) is 0 Å². The summed E-state index contributed by atoms with van der Waals surface area (Å²) in [5, 5.41) is 8.19. The van der Waals surface area contributed by atoms with Crippen LogP contribution in [0.2, 0.25) is 0 Å². The van der Waals surface area contributed by atoms with Crippen molar-refractivity contribution >= 4 is 27.5 Å². The van der Waals surface area contributed by atoms with Gasteiger partial charge in [-0.15, -0.1) is 0 Å². The Balaban J connectivity index is 1.80. The minimum atomic E-state index is -4.69. The number of benzene rings is 1. The first-order chi connectivity index (χ1) is 15.5. The van der Waals surface area contributed by atoms with E-state index < -0.39 is 17.8 Å². The average molecular weight is 521 g/mol. The number of amides is 1. The molecule has 0 unspecified atom stereocenters. The fourth-order valence-corrected chi connectivity index (χ4v) is 3.91. The van der Waals surface area contributed by atoms with Crippen molar-refractivity contribution in [3.05, 3.63) is 69.2 Å². The van der Waals surface area contributed by atoms with Crippen molar-refractivity contribution in [2.75, 3.05) is 7.05 Å². The number of aryl methyl sites for hydroxylation is 2. The summed E-state index contributed by atoms with van der Waals surface area (Å²) in [6, 6.07) is 7.66. The number of aromatic nitrogens is 5. The largest absolute Gasteiger partial charge is 0.433 e. The van der Waals surface area contributed by atoms with Crippen molar-refractivity contribution in [2.45, 2.75) is 26.6 Å². The molecule has 7 nitrogen and oxygen atoms in total. The Morgan fingerprint density at radius 2 is 1.85 bits per heavy atom. The van der Waals surface area contributed by atoms with Crippen LogP contribution in [0.25, 0.3) is 16.9 Å². The van der Waals surface area contributed by atoms with Crippen LogP contribution >= 0.6 is 15.9 Å². The second-order valence-electron chi connectivity index (χ2n) is 7.76. The van der Waals surface area contributed by atoms with E-state index in [2.05, 4.69) is 31.1 Å². The third-order valence-corrected chi connectivity index (χ3v) is 6.06. The summed E-state index contributed by atoms with van der Waals surface area (Å²) in [5.41, 5.74) is 1.97. The number of hydrogen-bond donors (Lipinski definition) is 0. The van der Waals surface area contributed by atoms with Gasteiger partial charge in [-0.2, -0.15) is 23.4 Å². The van der Waals surface area contributed by atoms with Crippen LogP contribution in [0.4, 0.5) is 13.2 Å². The van der Waals surface area contributed by atoms with E-state index in [0.29, 0.717) is 10.1 Å². The van der Waals surface area contributed by atoms with E-state index in [0.717, 1.165) is 33.7 Å². The second kappa shape index (κ2) is 8.29. The molecule has 172 valence electrons. The van der Waals surface area contributed by atoms with Crippen LogP contribution in [-0.2, 0) is 19.8 Å². The van der Waals surface area contributed by atoms with Crippen LogP contribution in [0.5, 0.6) is 0 Å². The highest BCUT2D eigenvalue weighted by molar-refractivity contribution is 9.10. The monoisotopic (exact) mass is 520 g/mol. The molecule has 0 radical (unpaired) electrons. The fourth-order valence-electron chi connectivity index (χ4n) is 3.65. The summed E-state index contributed by atoms with van der Waals surface area (Å²) < 4.78 is 44.7. The molecular formula is C22H20BrF3N6O. The molecule has 0 saturated carbocycles. The summed E-state index contributed by atoms with van der Waals surface area (Å²) in [4.78, 5) is 19.0. The van der Waals surface area contributed by atoms with Gasteiger partial charge in [-0.3, -0.25) is 9.48 Å². The molecule has 0 aliphatic carbocycles. The zero-order valence-corrected chi connectivity index (χ0v) is 19.9. The van der Waals surface area contributed by atoms with Gasteiger partial charge in [-0.25, -0.2) is 9.50 Å². The number of rotatable bonds is 4. The summed E-state index contributed by atoms with van der Waals surface area (Å²) in [7, 11) is 3.39. The lowest BCUT2D eigenvalue weighted by molar-refractivity contribution is -0.142. The summed E-state index contributed by atoms with van der Waals surface area (Å²) in [6.07, 6.45) is -3.56. The first kappa shape index (κ1) is 23.0. The Hall–Kier alpha value is -3.21. The number of hydrogen-bond acceptors (Lipinski definition) is 4. The molecular weight excluding hydrogens is 501 g/mol. The molecule has 11 heteroatoms. The standard InChI is InChI=1S/C22H20BrF3N6O/c1-12-17(13(2)31(4)29-12)11-30(3)21(33)16-10-27-32-19(22(24,25)26)9-18(28-20(16)32)14-5-7-15(23)8-6-14/h5-10H,11H2,1-4H3. The van der Waals surface area contributed by atoms with Crippen LogP contribution in [0.15, 0.2) is 41.0 Å². The van der Waals surface area contributed by atoms with Gasteiger partial charge in [0.05, 0.1) is 17.6 Å². The molecule has 0 aliphatic heterocycles. The second-order valence-corrected chi connectivity index (χ2v) is 8.67. The van der Waals surface area contributed by atoms with Crippen LogP contribution in [0, 0.1) is 13.8 Å². The normalized spacial score (nSPS) is 11.9. The quantitative estimate of drug-likeness (QED) is 0.387. The van der Waals surface area contributed by atoms with Crippen molar-refractivity contribution < 1.29 is 18.0 Å². The van der Waals surface area contributed by atoms with Gasteiger partial charge in [-0.05, 0) is 32.0 Å². The fraction of sp³-hybridized carbons (Fsp3) is 0.273. The van der Waals surface area contributed by atoms with Gasteiger partial charge in [0, 0.05) is 41.9 Å². The Morgan fingerprint density at radius 1 is 1.18 bits per heavy atom. The lowest BCUT2D eigenvalue weighted by atomic mass is 10.1. The average Bonchev–Trinajstić information content (AvgIpc) is 3.28. The first-order valence-corrected chi connectivity index (χ1v) is 10.7. The van der Waals surface area contributed by atoms with E-state index in [1.54, 1.807) is 36.0 Å². The van der Waals surface area contributed by atoms with Crippen molar-refractivity contribution in [1.82, 2.24) is 29.3 Å². The van der Waals surface area contributed by atoms with E-state index >= 15 is 0 Å². The molecule has 0 aliphatic rings. The van der Waals surface area contributed by atoms with Gasteiger partial charge < -0.3 is 4.90 Å². The number of carbonyl (C=O) groups excluding carboxylic acids is 1. The maximum Gasteiger partial charge on any atom is 0.433 e. The van der Waals surface area contributed by atoms with E-state index in [-0.39, 0.29) is 23.4 Å². The van der Waals surface area contributed by atoms with Crippen molar-refractivity contribution in [3.63, 3.8) is 0 Å². The number of alkyl halides is 3. The molecule has 3 aromatic heterocycles. The van der Waals surface area contributed by atoms with Crippen LogP contribution in [0.1, 0.15) is 33.0 Å². The third-order valence-electron chi connectivity index (χ3n) is 5.53. The number of nitrogens with zero attached hydrogens (tertiary/aromatic N) is 6. The van der Waals surface area contributed by atoms with Crippen molar-refractivity contribution in [1.29, 1.82) is 0 Å². The highest BCUT2D eigenvalue weighted by Gasteiger charge is 2.36. The molecule has 0 bridgehead atoms. The summed E-state index contributed by atoms with van der Waals surface area (Å²) in [5.74, 6) is -0.485. The molecule has 33 heavy (non-hydrogen) atoms. The SMILES string of the molecule is Cc1nn(C)c(C)c1CN(C)C(=O)c1cnn2c(C(F)(F)F)cc(-c3ccc(Br)cc3)nc12. The maximum absolute atomic E-state index is 13.8. The molecule has 0 spiro atoms. The molecule has 1 aromatic carbocycles. The Morgan fingerprint density at radius 3 is 2.42 bits per heavy atom. The topological polar surface area (TPSA) is 68.3 Å². The molecule has 0 fully saturated rings. The zero-order valence-electron chi connectivity index (χ0n) is 18.3. The molecule has 0 N–H and O–H groups in total. The first-order valence-electron chi connectivity index (χ1n) is 9.94. The van der Waals surface area contributed by atoms with Gasteiger partial charge in [0.15, 0.2) is 11.3 Å². The lowest BCUT2D eigenvalue weighted by Crippen LogP contribution is -2.27. The molecule has 1 amide bonds. The smallest absolute Gasteiger partial charge is 0.337 e. The van der Waals surface area contributed by atoms with Gasteiger partial charge in [-0.1, -0.05) is 28.1 Å². The predicted octanol–water partition coefficient (Wildman–Crippen LogP) is 4.80. The molecule has 0 saturated heterocycles. The molecule has 3 heterocycles. The highest BCUT2D eigenvalue weighted by atomic mass is 79.9. The number of halogens is 4. The predicted molar refractivity (Wildman–Crippen MR) is 120 cm³/mol. The summed E-state index contributed by atoms with van der Waals surface area (Å²) in [6.45, 7) is 3.99. The van der Waals surface area contributed by atoms with E-state index in [1.165, 1.54) is 4.90 Å². The highest BCUT2D eigenvalue weighted by Crippen LogP contribution is 2.33. The van der Waals surface area contributed by atoms with Crippen LogP contribution in [-0.4, -0.2) is 42.2 Å². The maximum atomic E-state index is 13.8.